The van der Waals surface area contributed by atoms with Gasteiger partial charge in [0.2, 0.25) is 11.9 Å². The van der Waals surface area contributed by atoms with Gasteiger partial charge in [-0.3, -0.25) is 52.6 Å². The average Bonchev–Trinajstić information content (AvgIpc) is 3.89. The molecule has 23 heteroatoms. The van der Waals surface area contributed by atoms with Crippen LogP contribution in [0.5, 0.6) is 5.75 Å². The summed E-state index contributed by atoms with van der Waals surface area (Å²) in [6, 6.07) is 6.03. The molecule has 0 bridgehead atoms. The SMILES string of the molecule is CC(=O)CCC(=O)O[C@H]1C[C@H](n2cc(C)c(=O)[nH]c2=O)O[C@@H]1COP(=O)(Oc1ccccc1Cl)OC1C[C@H](n2cnc3c(=O)[nH]c(NC(=O)C(C)C)nc32)O[C@@H]1CO. The van der Waals surface area contributed by atoms with E-state index in [1.807, 2.05) is 0 Å². The molecule has 58 heavy (non-hydrogen) atoms. The molecule has 1 aromatic carbocycles. The number of aliphatic hydroxyl groups is 1. The Morgan fingerprint density at radius 3 is 2.45 bits per heavy atom. The summed E-state index contributed by atoms with van der Waals surface area (Å²) >= 11 is 6.35. The fourth-order valence-electron chi connectivity index (χ4n) is 6.10. The normalized spacial score (nSPS) is 22.9. The zero-order valence-corrected chi connectivity index (χ0v) is 33.3. The van der Waals surface area contributed by atoms with Crippen LogP contribution in [0.25, 0.3) is 11.2 Å². The van der Waals surface area contributed by atoms with Crippen LogP contribution in [0.2, 0.25) is 5.02 Å². The van der Waals surface area contributed by atoms with Crippen LogP contribution in [0.3, 0.4) is 0 Å². The fraction of sp³-hybridized carbons (Fsp3) is 0.486. The number of hydrogen-bond acceptors (Lipinski definition) is 16. The lowest BCUT2D eigenvalue weighted by molar-refractivity contribution is -0.153. The second-order valence-corrected chi connectivity index (χ2v) is 15.9. The molecule has 0 spiro atoms. The van der Waals surface area contributed by atoms with Crippen LogP contribution >= 0.6 is 19.4 Å². The molecule has 312 valence electrons. The highest BCUT2D eigenvalue weighted by atomic mass is 35.5. The number of anilines is 1. The zero-order valence-electron chi connectivity index (χ0n) is 31.6. The van der Waals surface area contributed by atoms with E-state index < -0.39 is 92.5 Å². The fourth-order valence-corrected chi connectivity index (χ4v) is 7.77. The second-order valence-electron chi connectivity index (χ2n) is 13.9. The van der Waals surface area contributed by atoms with Crippen LogP contribution < -0.4 is 26.6 Å². The number of nitrogens with one attached hydrogen (secondary N) is 3. The third kappa shape index (κ3) is 9.80. The molecule has 3 aromatic heterocycles. The van der Waals surface area contributed by atoms with Crippen LogP contribution in [-0.4, -0.2) is 89.5 Å². The van der Waals surface area contributed by atoms with Crippen molar-refractivity contribution in [1.82, 2.24) is 29.1 Å². The number of H-pyrrole nitrogens is 2. The highest BCUT2D eigenvalue weighted by Crippen LogP contribution is 2.54. The molecule has 2 aliphatic rings. The molecule has 4 N–H and O–H groups in total. The monoisotopic (exact) mass is 849 g/mol. The molecule has 0 radical (unpaired) electrons. The number of imidazole rings is 1. The number of ether oxygens (including phenoxy) is 3. The summed E-state index contributed by atoms with van der Waals surface area (Å²) in [5.41, 5.74) is -1.88. The Kier molecular flexibility index (Phi) is 13.1. The highest BCUT2D eigenvalue weighted by Gasteiger charge is 2.46. The number of halogens is 1. The van der Waals surface area contributed by atoms with Gasteiger partial charge in [-0.05, 0) is 26.0 Å². The number of amides is 1. The van der Waals surface area contributed by atoms with Crippen molar-refractivity contribution in [2.75, 3.05) is 18.5 Å². The number of para-hydroxylation sites is 1. The van der Waals surface area contributed by atoms with Crippen molar-refractivity contribution in [3.8, 4) is 5.75 Å². The van der Waals surface area contributed by atoms with E-state index in [1.54, 1.807) is 26.0 Å². The predicted molar refractivity (Wildman–Crippen MR) is 202 cm³/mol. The highest BCUT2D eigenvalue weighted by molar-refractivity contribution is 7.49. The summed E-state index contributed by atoms with van der Waals surface area (Å²) in [6.07, 6.45) is -4.74. The van der Waals surface area contributed by atoms with E-state index in [1.165, 1.54) is 43.1 Å². The number of ketones is 1. The van der Waals surface area contributed by atoms with Gasteiger partial charge in [0.1, 0.15) is 48.4 Å². The molecule has 0 saturated carbocycles. The van der Waals surface area contributed by atoms with Crippen molar-refractivity contribution in [3.63, 3.8) is 0 Å². The number of fused-ring (bicyclic) bond motifs is 1. The van der Waals surface area contributed by atoms with E-state index in [0.717, 1.165) is 4.57 Å². The van der Waals surface area contributed by atoms with E-state index in [4.69, 9.17) is 39.4 Å². The molecule has 6 rings (SSSR count). The van der Waals surface area contributed by atoms with Crippen LogP contribution in [0.15, 0.2) is 51.2 Å². The number of carbonyl (C=O) groups is 3. The zero-order chi connectivity index (χ0) is 41.9. The van der Waals surface area contributed by atoms with Gasteiger partial charge in [0.15, 0.2) is 11.2 Å². The summed E-state index contributed by atoms with van der Waals surface area (Å²) in [4.78, 5) is 87.4. The molecule has 7 atom stereocenters. The number of Topliss-reactive ketones (excluding diaryl/α,β-unsaturated/α-hetero) is 1. The largest absolute Gasteiger partial charge is 0.530 e. The molecule has 4 aromatic rings. The van der Waals surface area contributed by atoms with Crippen LogP contribution in [0.4, 0.5) is 5.95 Å². The first-order valence-electron chi connectivity index (χ1n) is 18.1. The van der Waals surface area contributed by atoms with Crippen LogP contribution in [0.1, 0.15) is 64.5 Å². The minimum Gasteiger partial charge on any atom is -0.459 e. The number of esters is 1. The number of aliphatic hydroxyl groups excluding tert-OH is 1. The number of benzene rings is 1. The van der Waals surface area contributed by atoms with E-state index in [9.17, 15) is 38.4 Å². The van der Waals surface area contributed by atoms with Gasteiger partial charge in [0.05, 0.1) is 31.0 Å². The van der Waals surface area contributed by atoms with E-state index in [2.05, 4.69) is 25.3 Å². The van der Waals surface area contributed by atoms with Gasteiger partial charge in [-0.2, -0.15) is 4.98 Å². The number of carbonyl (C=O) groups excluding carboxylic acids is 3. The molecule has 5 heterocycles. The number of aromatic amines is 2. The standard InChI is InChI=1S/C35H41ClN7O14P/c1-17(2)31(47)39-34-38-30-29(33(49)40-34)37-16-43(30)27-12-23(24(14-44)53-27)57-58(51,56-21-8-6-5-7-20(21)36)52-15-25-22(55-28(46)10-9-19(4)45)11-26(54-25)42-13-18(3)32(48)41-35(42)50/h5-8,13,16-17,22-27,44H,9-12,14-15H2,1-4H3,(H,41,48,50)(H2,38,39,40,47,49)/t22-,23?,24+,25+,26+,27+,58?/m0/s1. The summed E-state index contributed by atoms with van der Waals surface area (Å²) in [5.74, 6) is -2.03. The summed E-state index contributed by atoms with van der Waals surface area (Å²) in [6.45, 7) is 4.87. The number of hydrogen-bond donors (Lipinski definition) is 4. The molecule has 0 aliphatic carbocycles. The molecule has 1 amide bonds. The van der Waals surface area contributed by atoms with Gasteiger partial charge in [-0.15, -0.1) is 0 Å². The number of phosphoric ester groups is 1. The molecule has 21 nitrogen and oxygen atoms in total. The second kappa shape index (κ2) is 17.9. The van der Waals surface area contributed by atoms with Gasteiger partial charge in [-0.1, -0.05) is 37.6 Å². The van der Waals surface area contributed by atoms with Crippen molar-refractivity contribution < 1.29 is 51.8 Å². The first kappa shape index (κ1) is 42.6. The summed E-state index contributed by atoms with van der Waals surface area (Å²) in [7, 11) is -4.81. The molecule has 2 unspecified atom stereocenters. The third-order valence-electron chi connectivity index (χ3n) is 9.18. The third-order valence-corrected chi connectivity index (χ3v) is 10.9. The summed E-state index contributed by atoms with van der Waals surface area (Å²) < 4.78 is 52.6. The Labute approximate surface area is 333 Å². The van der Waals surface area contributed by atoms with Crippen LogP contribution in [0, 0.1) is 12.8 Å². The molecular formula is C35H41ClN7O14P. The lowest BCUT2D eigenvalue weighted by Crippen LogP contribution is -2.33. The number of nitrogens with zero attached hydrogens (tertiary/aromatic N) is 4. The van der Waals surface area contributed by atoms with E-state index >= 15 is 0 Å². The van der Waals surface area contributed by atoms with Gasteiger partial charge in [0, 0.05) is 36.9 Å². The lowest BCUT2D eigenvalue weighted by Gasteiger charge is -2.26. The quantitative estimate of drug-likeness (QED) is 0.0932. The summed E-state index contributed by atoms with van der Waals surface area (Å²) in [5, 5.41) is 12.9. The number of aromatic nitrogens is 6. The Balaban J connectivity index is 1.27. The van der Waals surface area contributed by atoms with Gasteiger partial charge < -0.3 is 28.6 Å². The maximum atomic E-state index is 14.7. The molecule has 2 saturated heterocycles. The Morgan fingerprint density at radius 2 is 1.74 bits per heavy atom. The van der Waals surface area contributed by atoms with Crippen molar-refractivity contribution >= 4 is 54.2 Å². The molecule has 2 fully saturated rings. The lowest BCUT2D eigenvalue weighted by atomic mass is 10.1. The van der Waals surface area contributed by atoms with E-state index in [-0.39, 0.29) is 64.9 Å². The molecular weight excluding hydrogens is 809 g/mol. The molecule has 2 aliphatic heterocycles. The minimum absolute atomic E-state index is 0.0329. The first-order chi connectivity index (χ1) is 27.5. The Bertz CT molecular complexity index is 2410. The number of aryl methyl sites for hydroxylation is 1. The van der Waals surface area contributed by atoms with Gasteiger partial charge in [-0.25, -0.2) is 14.3 Å². The van der Waals surface area contributed by atoms with Crippen LogP contribution in [-0.2, 0) is 42.2 Å². The smallest absolute Gasteiger partial charge is 0.459 e. The van der Waals surface area contributed by atoms with E-state index in [0.29, 0.717) is 0 Å². The van der Waals surface area contributed by atoms with Crippen molar-refractivity contribution in [2.45, 2.75) is 90.2 Å². The topological polar surface area (TPSA) is 274 Å². The van der Waals surface area contributed by atoms with Gasteiger partial charge >= 0.3 is 19.5 Å². The maximum absolute atomic E-state index is 14.7. The minimum atomic E-state index is -4.81. The van der Waals surface area contributed by atoms with Crippen molar-refractivity contribution in [3.05, 3.63) is 78.6 Å². The Morgan fingerprint density at radius 1 is 1.03 bits per heavy atom. The first-order valence-corrected chi connectivity index (χ1v) is 20.0. The van der Waals surface area contributed by atoms with Gasteiger partial charge in [0.25, 0.3) is 11.1 Å². The average molecular weight is 850 g/mol. The Hall–Kier alpha value is -5.02. The number of phosphoric acid groups is 1. The number of rotatable bonds is 16. The maximum Gasteiger partial charge on any atom is 0.530 e. The van der Waals surface area contributed by atoms with Crippen molar-refractivity contribution in [1.29, 1.82) is 0 Å². The van der Waals surface area contributed by atoms with Crippen molar-refractivity contribution in [2.24, 2.45) is 5.92 Å². The predicted octanol–water partition coefficient (Wildman–Crippen LogP) is 2.66.